The van der Waals surface area contributed by atoms with Gasteiger partial charge in [-0.15, -0.1) is 0 Å². The summed E-state index contributed by atoms with van der Waals surface area (Å²) in [5, 5.41) is 0.314. The number of carbonyl (C=O) groups excluding carboxylic acids is 1. The fourth-order valence-electron chi connectivity index (χ4n) is 3.11. The summed E-state index contributed by atoms with van der Waals surface area (Å²) in [5.74, 6) is 1.12. The van der Waals surface area contributed by atoms with E-state index >= 15 is 0 Å². The van der Waals surface area contributed by atoms with Crippen molar-refractivity contribution in [2.75, 3.05) is 6.61 Å². The lowest BCUT2D eigenvalue weighted by molar-refractivity contribution is 0.0735. The average Bonchev–Trinajstić information content (AvgIpc) is 2.78. The molecule has 1 aromatic heterocycles. The molecule has 0 saturated carbocycles. The molecule has 0 N–H and O–H groups in total. The third-order valence-corrected chi connectivity index (χ3v) is 4.57. The summed E-state index contributed by atoms with van der Waals surface area (Å²) in [6.07, 6.45) is 0. The Kier molecular flexibility index (Phi) is 5.71. The number of hydrogen-bond acceptors (Lipinski definition) is 6. The molecule has 31 heavy (non-hydrogen) atoms. The first kappa shape index (κ1) is 20.2. The molecule has 0 unspecified atom stereocenters. The van der Waals surface area contributed by atoms with E-state index in [0.717, 1.165) is 0 Å². The lowest BCUT2D eigenvalue weighted by Gasteiger charge is -2.13. The molecule has 4 rings (SSSR count). The Bertz CT molecular complexity index is 1290. The Labute approximate surface area is 178 Å². The van der Waals surface area contributed by atoms with Crippen LogP contribution in [0.3, 0.4) is 0 Å². The quantitative estimate of drug-likeness (QED) is 0.305. The molecule has 0 bridgehead atoms. The van der Waals surface area contributed by atoms with Crippen molar-refractivity contribution in [2.45, 2.75) is 13.8 Å². The molecule has 0 radical (unpaired) electrons. The topological polar surface area (TPSA) is 75.0 Å². The average molecular weight is 416 g/mol. The van der Waals surface area contributed by atoms with Crippen LogP contribution < -0.4 is 19.6 Å². The zero-order valence-corrected chi connectivity index (χ0v) is 17.1. The van der Waals surface area contributed by atoms with Gasteiger partial charge >= 0.3 is 5.97 Å². The third-order valence-electron chi connectivity index (χ3n) is 4.57. The monoisotopic (exact) mass is 416 g/mol. The van der Waals surface area contributed by atoms with E-state index in [1.807, 2.05) is 19.1 Å². The zero-order valence-electron chi connectivity index (χ0n) is 17.1. The zero-order chi connectivity index (χ0) is 21.8. The minimum atomic E-state index is -0.494. The Morgan fingerprint density at radius 2 is 1.65 bits per heavy atom. The van der Waals surface area contributed by atoms with Crippen molar-refractivity contribution in [3.05, 3.63) is 94.3 Å². The fraction of sp³-hybridized carbons (Fsp3) is 0.120. The smallest absolute Gasteiger partial charge is 0.343 e. The SMILES string of the molecule is CCOc1ccccc1Oc1c(C)oc2cc(OC(=O)c3ccccc3)ccc2c1=O. The number of esters is 1. The van der Waals surface area contributed by atoms with Gasteiger partial charge in [-0.1, -0.05) is 30.3 Å². The van der Waals surface area contributed by atoms with Crippen LogP contribution in [0.4, 0.5) is 0 Å². The standard InChI is InChI=1S/C25H20O6/c1-3-28-20-11-7-8-12-21(20)31-24-16(2)29-22-15-18(13-14-19(22)23(24)26)30-25(27)17-9-5-4-6-10-17/h4-15H,3H2,1-2H3. The fourth-order valence-corrected chi connectivity index (χ4v) is 3.11. The van der Waals surface area contributed by atoms with E-state index < -0.39 is 5.97 Å². The maximum absolute atomic E-state index is 13.0. The van der Waals surface area contributed by atoms with Gasteiger partial charge < -0.3 is 18.6 Å². The normalized spacial score (nSPS) is 10.6. The molecule has 156 valence electrons. The van der Waals surface area contributed by atoms with E-state index in [2.05, 4.69) is 0 Å². The van der Waals surface area contributed by atoms with E-state index in [4.69, 9.17) is 18.6 Å². The number of carbonyl (C=O) groups is 1. The molecule has 6 nitrogen and oxygen atoms in total. The van der Waals surface area contributed by atoms with Crippen LogP contribution in [0, 0.1) is 6.92 Å². The summed E-state index contributed by atoms with van der Waals surface area (Å²) in [5.41, 5.74) is 0.397. The molecule has 0 aliphatic rings. The van der Waals surface area contributed by atoms with E-state index in [-0.39, 0.29) is 16.9 Å². The van der Waals surface area contributed by atoms with Gasteiger partial charge in [0.25, 0.3) is 0 Å². The minimum absolute atomic E-state index is 0.0775. The van der Waals surface area contributed by atoms with Crippen LogP contribution in [-0.4, -0.2) is 12.6 Å². The summed E-state index contributed by atoms with van der Waals surface area (Å²) in [4.78, 5) is 25.3. The number of fused-ring (bicyclic) bond motifs is 1. The number of aryl methyl sites for hydroxylation is 1. The first-order valence-corrected chi connectivity index (χ1v) is 9.81. The van der Waals surface area contributed by atoms with Crippen molar-refractivity contribution in [1.29, 1.82) is 0 Å². The molecule has 0 aliphatic heterocycles. The lowest BCUT2D eigenvalue weighted by atomic mass is 10.2. The molecule has 0 amide bonds. The number of ether oxygens (including phenoxy) is 3. The predicted octanol–water partition coefficient (Wildman–Crippen LogP) is 5.51. The van der Waals surface area contributed by atoms with E-state index in [0.29, 0.717) is 40.4 Å². The first-order valence-electron chi connectivity index (χ1n) is 9.81. The molecular formula is C25H20O6. The van der Waals surface area contributed by atoms with Gasteiger partial charge in [-0.05, 0) is 50.2 Å². The van der Waals surface area contributed by atoms with Crippen LogP contribution in [0.15, 0.2) is 82.0 Å². The molecule has 0 spiro atoms. The highest BCUT2D eigenvalue weighted by Gasteiger charge is 2.17. The van der Waals surface area contributed by atoms with Crippen molar-refractivity contribution < 1.29 is 23.4 Å². The van der Waals surface area contributed by atoms with Crippen molar-refractivity contribution >= 4 is 16.9 Å². The van der Waals surface area contributed by atoms with Crippen molar-refractivity contribution in [2.24, 2.45) is 0 Å². The molecule has 1 heterocycles. The van der Waals surface area contributed by atoms with Gasteiger partial charge in [-0.2, -0.15) is 0 Å². The van der Waals surface area contributed by atoms with Crippen molar-refractivity contribution in [3.8, 4) is 23.0 Å². The van der Waals surface area contributed by atoms with Crippen LogP contribution in [-0.2, 0) is 0 Å². The maximum Gasteiger partial charge on any atom is 0.343 e. The van der Waals surface area contributed by atoms with Crippen molar-refractivity contribution in [3.63, 3.8) is 0 Å². The van der Waals surface area contributed by atoms with Crippen molar-refractivity contribution in [1.82, 2.24) is 0 Å². The molecule has 0 fully saturated rings. The van der Waals surface area contributed by atoms with E-state index in [1.54, 1.807) is 61.5 Å². The van der Waals surface area contributed by atoms with Gasteiger partial charge in [-0.25, -0.2) is 4.79 Å². The van der Waals surface area contributed by atoms with Gasteiger partial charge in [0.05, 0.1) is 17.6 Å². The number of rotatable bonds is 6. The second-order valence-electron chi connectivity index (χ2n) is 6.71. The highest BCUT2D eigenvalue weighted by molar-refractivity contribution is 5.91. The summed E-state index contributed by atoms with van der Waals surface area (Å²) in [6, 6.07) is 20.4. The van der Waals surface area contributed by atoms with Crippen LogP contribution in [0.5, 0.6) is 23.0 Å². The van der Waals surface area contributed by atoms with Gasteiger partial charge in [0.15, 0.2) is 11.5 Å². The molecule has 4 aromatic rings. The Morgan fingerprint density at radius 3 is 2.39 bits per heavy atom. The Hall–Kier alpha value is -4.06. The van der Waals surface area contributed by atoms with Gasteiger partial charge in [-0.3, -0.25) is 4.79 Å². The van der Waals surface area contributed by atoms with Crippen LogP contribution >= 0.6 is 0 Å². The van der Waals surface area contributed by atoms with Gasteiger partial charge in [0.2, 0.25) is 11.2 Å². The van der Waals surface area contributed by atoms with Crippen LogP contribution in [0.2, 0.25) is 0 Å². The second kappa shape index (κ2) is 8.75. The van der Waals surface area contributed by atoms with Gasteiger partial charge in [0, 0.05) is 6.07 Å². The number of benzene rings is 3. The summed E-state index contributed by atoms with van der Waals surface area (Å²) in [7, 11) is 0. The summed E-state index contributed by atoms with van der Waals surface area (Å²) >= 11 is 0. The van der Waals surface area contributed by atoms with Gasteiger partial charge in [0.1, 0.15) is 17.1 Å². The number of hydrogen-bond donors (Lipinski definition) is 0. The largest absolute Gasteiger partial charge is 0.490 e. The molecule has 0 aliphatic carbocycles. The van der Waals surface area contributed by atoms with Crippen LogP contribution in [0.25, 0.3) is 11.0 Å². The van der Waals surface area contributed by atoms with Crippen LogP contribution in [0.1, 0.15) is 23.0 Å². The Morgan fingerprint density at radius 1 is 0.935 bits per heavy atom. The molecule has 0 saturated heterocycles. The third kappa shape index (κ3) is 4.28. The summed E-state index contributed by atoms with van der Waals surface area (Å²) < 4.78 is 22.7. The molecule has 0 atom stereocenters. The van der Waals surface area contributed by atoms with E-state index in [9.17, 15) is 9.59 Å². The maximum atomic E-state index is 13.0. The Balaban J connectivity index is 1.66. The second-order valence-corrected chi connectivity index (χ2v) is 6.71. The lowest BCUT2D eigenvalue weighted by Crippen LogP contribution is -2.10. The first-order chi connectivity index (χ1) is 15.1. The minimum Gasteiger partial charge on any atom is -0.490 e. The molecular weight excluding hydrogens is 396 g/mol. The number of para-hydroxylation sites is 2. The van der Waals surface area contributed by atoms with E-state index in [1.165, 1.54) is 6.07 Å². The predicted molar refractivity (Wildman–Crippen MR) is 116 cm³/mol. The molecule has 6 heteroatoms. The highest BCUT2D eigenvalue weighted by atomic mass is 16.5. The molecule has 3 aromatic carbocycles. The highest BCUT2D eigenvalue weighted by Crippen LogP contribution is 2.33. The summed E-state index contributed by atoms with van der Waals surface area (Å²) in [6.45, 7) is 3.98.